The fourth-order valence-electron chi connectivity index (χ4n) is 1.59. The summed E-state index contributed by atoms with van der Waals surface area (Å²) in [6, 6.07) is 11.6. The van der Waals surface area contributed by atoms with Gasteiger partial charge >= 0.3 is 0 Å². The summed E-state index contributed by atoms with van der Waals surface area (Å²) in [6.07, 6.45) is 3.43. The zero-order valence-corrected chi connectivity index (χ0v) is 11.2. The molecule has 0 heterocycles. The fourth-order valence-corrected chi connectivity index (χ4v) is 1.89. The summed E-state index contributed by atoms with van der Waals surface area (Å²) < 4.78 is 0. The van der Waals surface area contributed by atoms with Crippen LogP contribution in [-0.4, -0.2) is 4.92 Å². The molecule has 0 aliphatic rings. The van der Waals surface area contributed by atoms with E-state index < -0.39 is 4.92 Å². The standard InChI is InChI=1S/C14H9Cl2NO2/c15-12-5-2-10(3-6-12)1-4-11-9-13(16)7-8-14(11)17(18)19/h1-9H/b4-1+. The van der Waals surface area contributed by atoms with Crippen LogP contribution in [0.25, 0.3) is 12.2 Å². The molecule has 0 fully saturated rings. The number of nitrogens with zero attached hydrogens (tertiary/aromatic N) is 1. The molecule has 0 bridgehead atoms. The highest BCUT2D eigenvalue weighted by Gasteiger charge is 2.11. The summed E-state index contributed by atoms with van der Waals surface area (Å²) in [7, 11) is 0. The Labute approximate surface area is 120 Å². The van der Waals surface area contributed by atoms with Crippen molar-refractivity contribution >= 4 is 41.0 Å². The van der Waals surface area contributed by atoms with Gasteiger partial charge in [-0.2, -0.15) is 0 Å². The number of hydrogen-bond acceptors (Lipinski definition) is 2. The quantitative estimate of drug-likeness (QED) is 0.450. The second-order valence-electron chi connectivity index (χ2n) is 3.85. The van der Waals surface area contributed by atoms with E-state index in [1.807, 2.05) is 12.1 Å². The molecular weight excluding hydrogens is 285 g/mol. The van der Waals surface area contributed by atoms with Gasteiger partial charge in [-0.1, -0.05) is 41.4 Å². The van der Waals surface area contributed by atoms with Crippen molar-refractivity contribution in [3.8, 4) is 0 Å². The molecule has 0 N–H and O–H groups in total. The molecule has 0 radical (unpaired) electrons. The molecule has 0 amide bonds. The predicted octanol–water partition coefficient (Wildman–Crippen LogP) is 5.07. The minimum atomic E-state index is -0.433. The van der Waals surface area contributed by atoms with Crippen molar-refractivity contribution in [1.82, 2.24) is 0 Å². The van der Waals surface area contributed by atoms with Gasteiger partial charge in [-0.15, -0.1) is 0 Å². The molecule has 19 heavy (non-hydrogen) atoms. The molecule has 2 aromatic carbocycles. The molecule has 0 spiro atoms. The van der Waals surface area contributed by atoms with Gasteiger partial charge in [-0.25, -0.2) is 0 Å². The van der Waals surface area contributed by atoms with Crippen LogP contribution in [0.2, 0.25) is 10.0 Å². The maximum Gasteiger partial charge on any atom is 0.276 e. The van der Waals surface area contributed by atoms with Gasteiger partial charge in [0, 0.05) is 16.1 Å². The Bertz CT molecular complexity index is 636. The molecule has 0 unspecified atom stereocenters. The Balaban J connectivity index is 2.34. The zero-order chi connectivity index (χ0) is 13.8. The zero-order valence-electron chi connectivity index (χ0n) is 9.72. The van der Waals surface area contributed by atoms with Gasteiger partial charge in [-0.05, 0) is 35.9 Å². The third-order valence-electron chi connectivity index (χ3n) is 2.51. The highest BCUT2D eigenvalue weighted by atomic mass is 35.5. The van der Waals surface area contributed by atoms with Gasteiger partial charge in [0.2, 0.25) is 0 Å². The van der Waals surface area contributed by atoms with Crippen molar-refractivity contribution in [2.24, 2.45) is 0 Å². The van der Waals surface area contributed by atoms with Crippen LogP contribution in [0.1, 0.15) is 11.1 Å². The van der Waals surface area contributed by atoms with Gasteiger partial charge < -0.3 is 0 Å². The molecule has 2 rings (SSSR count). The van der Waals surface area contributed by atoms with Gasteiger partial charge in [0.1, 0.15) is 0 Å². The summed E-state index contributed by atoms with van der Waals surface area (Å²) in [5.74, 6) is 0. The lowest BCUT2D eigenvalue weighted by Crippen LogP contribution is -1.90. The van der Waals surface area contributed by atoms with E-state index in [1.165, 1.54) is 12.1 Å². The van der Waals surface area contributed by atoms with E-state index >= 15 is 0 Å². The maximum atomic E-state index is 10.9. The largest absolute Gasteiger partial charge is 0.276 e. The smallest absolute Gasteiger partial charge is 0.258 e. The van der Waals surface area contributed by atoms with E-state index in [2.05, 4.69) is 0 Å². The first-order chi connectivity index (χ1) is 9.06. The van der Waals surface area contributed by atoms with Crippen molar-refractivity contribution in [2.45, 2.75) is 0 Å². The Morgan fingerprint density at radius 2 is 1.58 bits per heavy atom. The lowest BCUT2D eigenvalue weighted by atomic mass is 10.1. The molecule has 5 heteroatoms. The van der Waals surface area contributed by atoms with Crippen molar-refractivity contribution in [1.29, 1.82) is 0 Å². The van der Waals surface area contributed by atoms with Crippen molar-refractivity contribution in [3.05, 3.63) is 73.8 Å². The maximum absolute atomic E-state index is 10.9. The van der Waals surface area contributed by atoms with Gasteiger partial charge in [0.05, 0.1) is 10.5 Å². The Morgan fingerprint density at radius 3 is 2.21 bits per heavy atom. The van der Waals surface area contributed by atoms with E-state index in [4.69, 9.17) is 23.2 Å². The van der Waals surface area contributed by atoms with E-state index in [-0.39, 0.29) is 5.69 Å². The van der Waals surface area contributed by atoms with Crippen LogP contribution in [0.5, 0.6) is 0 Å². The number of benzene rings is 2. The summed E-state index contributed by atoms with van der Waals surface area (Å²) in [5.41, 5.74) is 1.39. The van der Waals surface area contributed by atoms with E-state index in [0.717, 1.165) is 5.56 Å². The average Bonchev–Trinajstić information content (AvgIpc) is 2.38. The number of nitro groups is 1. The highest BCUT2D eigenvalue weighted by molar-refractivity contribution is 6.31. The Kier molecular flexibility index (Phi) is 4.20. The summed E-state index contributed by atoms with van der Waals surface area (Å²) >= 11 is 11.6. The first kappa shape index (κ1) is 13.6. The summed E-state index contributed by atoms with van der Waals surface area (Å²) in [4.78, 5) is 10.5. The van der Waals surface area contributed by atoms with Crippen LogP contribution >= 0.6 is 23.2 Å². The molecule has 0 aliphatic heterocycles. The Morgan fingerprint density at radius 1 is 0.947 bits per heavy atom. The van der Waals surface area contributed by atoms with Gasteiger partial charge in [0.25, 0.3) is 5.69 Å². The molecule has 3 nitrogen and oxygen atoms in total. The second kappa shape index (κ2) is 5.87. The van der Waals surface area contributed by atoms with Gasteiger partial charge in [-0.3, -0.25) is 10.1 Å². The van der Waals surface area contributed by atoms with Crippen molar-refractivity contribution in [3.63, 3.8) is 0 Å². The molecule has 96 valence electrons. The van der Waals surface area contributed by atoms with Crippen LogP contribution < -0.4 is 0 Å². The van der Waals surface area contributed by atoms with Crippen LogP contribution in [0.3, 0.4) is 0 Å². The normalized spacial score (nSPS) is 10.8. The lowest BCUT2D eigenvalue weighted by molar-refractivity contribution is -0.385. The lowest BCUT2D eigenvalue weighted by Gasteiger charge is -1.99. The topological polar surface area (TPSA) is 43.1 Å². The molecule has 0 aromatic heterocycles. The van der Waals surface area contributed by atoms with Crippen molar-refractivity contribution < 1.29 is 4.92 Å². The number of hydrogen-bond donors (Lipinski definition) is 0. The molecular formula is C14H9Cl2NO2. The highest BCUT2D eigenvalue weighted by Crippen LogP contribution is 2.24. The monoisotopic (exact) mass is 293 g/mol. The fraction of sp³-hybridized carbons (Fsp3) is 0. The molecule has 0 saturated carbocycles. The minimum absolute atomic E-state index is 0.0228. The van der Waals surface area contributed by atoms with Crippen LogP contribution in [0.15, 0.2) is 42.5 Å². The number of halogens is 2. The number of nitro benzene ring substituents is 1. The average molecular weight is 294 g/mol. The van der Waals surface area contributed by atoms with Crippen LogP contribution in [-0.2, 0) is 0 Å². The Hall–Kier alpha value is -1.84. The summed E-state index contributed by atoms with van der Waals surface area (Å²) in [6.45, 7) is 0. The van der Waals surface area contributed by atoms with Crippen molar-refractivity contribution in [2.75, 3.05) is 0 Å². The van der Waals surface area contributed by atoms with Gasteiger partial charge in [0.15, 0.2) is 0 Å². The third kappa shape index (κ3) is 3.56. The van der Waals surface area contributed by atoms with Crippen LogP contribution in [0, 0.1) is 10.1 Å². The third-order valence-corrected chi connectivity index (χ3v) is 3.00. The van der Waals surface area contributed by atoms with E-state index in [1.54, 1.807) is 30.4 Å². The molecule has 0 saturated heterocycles. The van der Waals surface area contributed by atoms with E-state index in [9.17, 15) is 10.1 Å². The first-order valence-corrected chi connectivity index (χ1v) is 6.19. The predicted molar refractivity (Wildman–Crippen MR) is 78.5 cm³/mol. The molecule has 2 aromatic rings. The minimum Gasteiger partial charge on any atom is -0.258 e. The second-order valence-corrected chi connectivity index (χ2v) is 4.72. The molecule has 0 aliphatic carbocycles. The first-order valence-electron chi connectivity index (χ1n) is 5.44. The van der Waals surface area contributed by atoms with E-state index in [0.29, 0.717) is 15.6 Å². The van der Waals surface area contributed by atoms with Crippen LogP contribution in [0.4, 0.5) is 5.69 Å². The number of rotatable bonds is 3. The SMILES string of the molecule is O=[N+]([O-])c1ccc(Cl)cc1/C=C/c1ccc(Cl)cc1. The molecule has 0 atom stereocenters. The summed E-state index contributed by atoms with van der Waals surface area (Å²) in [5, 5.41) is 12.0.